The van der Waals surface area contributed by atoms with Crippen molar-refractivity contribution in [2.24, 2.45) is 0 Å². The van der Waals surface area contributed by atoms with Crippen LogP contribution in [0.5, 0.6) is 0 Å². The summed E-state index contributed by atoms with van der Waals surface area (Å²) in [6, 6.07) is 0.0535. The zero-order valence-corrected chi connectivity index (χ0v) is 13.0. The van der Waals surface area contributed by atoms with Gasteiger partial charge in [0.25, 0.3) is 5.16 Å². The van der Waals surface area contributed by atoms with Crippen LogP contribution in [0.15, 0.2) is 5.16 Å². The first-order valence-corrected chi connectivity index (χ1v) is 8.10. The quantitative estimate of drug-likeness (QED) is 0.615. The predicted molar refractivity (Wildman–Crippen MR) is 75.9 cm³/mol. The van der Waals surface area contributed by atoms with Crippen molar-refractivity contribution in [2.45, 2.75) is 25.0 Å². The van der Waals surface area contributed by atoms with Crippen molar-refractivity contribution in [2.75, 3.05) is 12.0 Å². The molecule has 0 fully saturated rings. The van der Waals surface area contributed by atoms with Gasteiger partial charge in [-0.1, -0.05) is 0 Å². The fourth-order valence-electron chi connectivity index (χ4n) is 1.53. The van der Waals surface area contributed by atoms with Crippen LogP contribution in [0.3, 0.4) is 0 Å². The molecule has 0 spiro atoms. The van der Waals surface area contributed by atoms with Gasteiger partial charge in [0.2, 0.25) is 9.84 Å². The highest BCUT2D eigenvalue weighted by Crippen LogP contribution is 2.26. The van der Waals surface area contributed by atoms with Crippen LogP contribution in [0.2, 0.25) is 0 Å². The van der Waals surface area contributed by atoms with Crippen LogP contribution < -0.4 is 5.73 Å². The van der Waals surface area contributed by atoms with Gasteiger partial charge in [0, 0.05) is 12.3 Å². The maximum atomic E-state index is 11.5. The van der Waals surface area contributed by atoms with Gasteiger partial charge in [-0.25, -0.2) is 18.1 Å². The van der Waals surface area contributed by atoms with Gasteiger partial charge in [-0.2, -0.15) is 10.1 Å². The summed E-state index contributed by atoms with van der Waals surface area (Å²) in [4.78, 5) is 7.89. The van der Waals surface area contributed by atoms with E-state index in [-0.39, 0.29) is 17.0 Å². The van der Waals surface area contributed by atoms with Gasteiger partial charge in [0.1, 0.15) is 9.52 Å². The molecule has 0 aliphatic carbocycles. The summed E-state index contributed by atoms with van der Waals surface area (Å²) in [5, 5.41) is 4.62. The summed E-state index contributed by atoms with van der Waals surface area (Å²) in [6.45, 7) is 3.86. The molecular weight excluding hydrogens is 369 g/mol. The van der Waals surface area contributed by atoms with Crippen LogP contribution in [0, 0.1) is 3.70 Å². The topological polar surface area (TPSA) is 104 Å². The molecule has 0 unspecified atom stereocenters. The van der Waals surface area contributed by atoms with Crippen LogP contribution in [-0.4, -0.2) is 34.4 Å². The summed E-state index contributed by atoms with van der Waals surface area (Å²) < 4.78 is 25.3. The number of halogens is 1. The molecule has 0 amide bonds. The Bertz CT molecular complexity index is 722. The zero-order valence-electron chi connectivity index (χ0n) is 10.0. The summed E-state index contributed by atoms with van der Waals surface area (Å²) >= 11 is 2.03. The predicted octanol–water partition coefficient (Wildman–Crippen LogP) is 0.998. The molecule has 0 atom stereocenters. The Morgan fingerprint density at radius 3 is 2.44 bits per heavy atom. The molecule has 9 heteroatoms. The van der Waals surface area contributed by atoms with Crippen LogP contribution in [0.25, 0.3) is 11.0 Å². The monoisotopic (exact) mass is 381 g/mol. The van der Waals surface area contributed by atoms with Crippen molar-refractivity contribution in [3.63, 3.8) is 0 Å². The van der Waals surface area contributed by atoms with Crippen LogP contribution in [0.4, 0.5) is 5.82 Å². The largest absolute Gasteiger partial charge is 0.383 e. The molecule has 2 heterocycles. The van der Waals surface area contributed by atoms with E-state index in [0.717, 1.165) is 6.26 Å². The van der Waals surface area contributed by atoms with Crippen molar-refractivity contribution in [1.82, 2.24) is 19.7 Å². The highest BCUT2D eigenvalue weighted by Gasteiger charge is 2.20. The molecule has 2 N–H and O–H groups in total. The number of nitrogens with two attached hydrogens (primary N) is 1. The molecule has 2 rings (SSSR count). The van der Waals surface area contributed by atoms with Gasteiger partial charge in [-0.05, 0) is 36.4 Å². The lowest BCUT2D eigenvalue weighted by molar-refractivity contribution is 0.540. The number of nitrogen functional groups attached to an aromatic ring is 1. The highest BCUT2D eigenvalue weighted by molar-refractivity contribution is 14.1. The molecule has 0 bridgehead atoms. The Morgan fingerprint density at radius 2 is 1.94 bits per heavy atom. The molecule has 0 aliphatic heterocycles. The van der Waals surface area contributed by atoms with Gasteiger partial charge in [0.05, 0.1) is 5.39 Å². The third kappa shape index (κ3) is 2.16. The molecule has 0 aromatic carbocycles. The van der Waals surface area contributed by atoms with Crippen molar-refractivity contribution in [3.8, 4) is 0 Å². The first-order chi connectivity index (χ1) is 8.21. The van der Waals surface area contributed by atoms with E-state index < -0.39 is 9.84 Å². The van der Waals surface area contributed by atoms with Gasteiger partial charge < -0.3 is 5.73 Å². The normalized spacial score (nSPS) is 12.5. The van der Waals surface area contributed by atoms with E-state index in [1.165, 1.54) is 0 Å². The maximum absolute atomic E-state index is 11.5. The first kappa shape index (κ1) is 13.5. The van der Waals surface area contributed by atoms with E-state index in [1.54, 1.807) is 4.68 Å². The average Bonchev–Trinajstić information content (AvgIpc) is 2.55. The summed E-state index contributed by atoms with van der Waals surface area (Å²) in [5.41, 5.74) is 6.24. The lowest BCUT2D eigenvalue weighted by Crippen LogP contribution is -2.09. The Kier molecular flexibility index (Phi) is 3.21. The zero-order chi connectivity index (χ0) is 13.7. The third-order valence-corrected chi connectivity index (χ3v) is 3.94. The first-order valence-electron chi connectivity index (χ1n) is 5.13. The lowest BCUT2D eigenvalue weighted by atomic mass is 10.3. The minimum Gasteiger partial charge on any atom is -0.383 e. The molecule has 0 aliphatic rings. The van der Waals surface area contributed by atoms with Crippen LogP contribution in [0.1, 0.15) is 19.9 Å². The number of rotatable bonds is 2. The number of hydrogen-bond acceptors (Lipinski definition) is 6. The van der Waals surface area contributed by atoms with E-state index in [1.807, 2.05) is 36.4 Å². The lowest BCUT2D eigenvalue weighted by Gasteiger charge is -2.07. The Balaban J connectivity index is 2.90. The molecule has 0 saturated carbocycles. The molecule has 98 valence electrons. The Labute approximate surface area is 118 Å². The Hall–Kier alpha value is -0.970. The molecule has 0 saturated heterocycles. The average molecular weight is 381 g/mol. The molecule has 0 radical (unpaired) electrons. The fourth-order valence-corrected chi connectivity index (χ4v) is 2.79. The SMILES string of the molecule is CC(C)n1nc(I)c2c(N)nc(S(C)(=O)=O)nc21. The number of nitrogens with zero attached hydrogens (tertiary/aromatic N) is 4. The fraction of sp³-hybridized carbons (Fsp3) is 0.444. The molecular formula is C9H12IN5O2S. The minimum absolute atomic E-state index is 0.0535. The standard InChI is InChI=1S/C9H12IN5O2S/c1-4(2)15-8-5(6(10)14-15)7(11)12-9(13-8)18(3,16)17/h4H,1-3H3,(H2,11,12,13). The van der Waals surface area contributed by atoms with E-state index in [2.05, 4.69) is 15.1 Å². The maximum Gasteiger partial charge on any atom is 0.250 e. The number of fused-ring (bicyclic) bond motifs is 1. The van der Waals surface area contributed by atoms with Crippen LogP contribution >= 0.6 is 22.6 Å². The van der Waals surface area contributed by atoms with Gasteiger partial charge in [0.15, 0.2) is 5.65 Å². The van der Waals surface area contributed by atoms with E-state index in [9.17, 15) is 8.42 Å². The Morgan fingerprint density at radius 1 is 1.33 bits per heavy atom. The highest BCUT2D eigenvalue weighted by atomic mass is 127. The van der Waals surface area contributed by atoms with Crippen molar-refractivity contribution < 1.29 is 8.42 Å². The molecule has 7 nitrogen and oxygen atoms in total. The van der Waals surface area contributed by atoms with Crippen molar-refractivity contribution >= 4 is 49.3 Å². The number of sulfone groups is 1. The summed E-state index contributed by atoms with van der Waals surface area (Å²) in [5.74, 6) is 0.136. The molecule has 2 aromatic rings. The minimum atomic E-state index is -3.50. The number of anilines is 1. The number of hydrogen-bond donors (Lipinski definition) is 1. The second kappa shape index (κ2) is 4.30. The van der Waals surface area contributed by atoms with E-state index >= 15 is 0 Å². The van der Waals surface area contributed by atoms with Crippen molar-refractivity contribution in [3.05, 3.63) is 3.70 Å². The second-order valence-corrected chi connectivity index (χ2v) is 7.12. The smallest absolute Gasteiger partial charge is 0.250 e. The van der Waals surface area contributed by atoms with Gasteiger partial charge in [-0.15, -0.1) is 0 Å². The van der Waals surface area contributed by atoms with Gasteiger partial charge >= 0.3 is 0 Å². The number of aromatic nitrogens is 4. The second-order valence-electron chi connectivity index (χ2n) is 4.19. The summed E-state index contributed by atoms with van der Waals surface area (Å²) in [7, 11) is -3.50. The molecule has 2 aromatic heterocycles. The van der Waals surface area contributed by atoms with E-state index in [0.29, 0.717) is 14.7 Å². The third-order valence-electron chi connectivity index (χ3n) is 2.34. The van der Waals surface area contributed by atoms with Crippen LogP contribution in [-0.2, 0) is 9.84 Å². The summed E-state index contributed by atoms with van der Waals surface area (Å²) in [6.07, 6.45) is 1.05. The van der Waals surface area contributed by atoms with Gasteiger partial charge in [-0.3, -0.25) is 0 Å². The van der Waals surface area contributed by atoms with E-state index in [4.69, 9.17) is 5.73 Å². The van der Waals surface area contributed by atoms with Crippen molar-refractivity contribution in [1.29, 1.82) is 0 Å². The molecule has 18 heavy (non-hydrogen) atoms.